The zero-order chi connectivity index (χ0) is 23.4. The first-order chi connectivity index (χ1) is 16.5. The molecular weight excluding hydrogens is 455 g/mol. The predicted octanol–water partition coefficient (Wildman–Crippen LogP) is 3.36. The van der Waals surface area contributed by atoms with Gasteiger partial charge in [-0.15, -0.1) is 0 Å². The summed E-state index contributed by atoms with van der Waals surface area (Å²) in [5.41, 5.74) is 8.32. The average Bonchev–Trinajstić information content (AvgIpc) is 3.16. The number of nitrogens with zero attached hydrogens (tertiary/aromatic N) is 2. The first-order valence-corrected chi connectivity index (χ1v) is 12.2. The Morgan fingerprint density at radius 2 is 2.12 bits per heavy atom. The Morgan fingerprint density at radius 3 is 2.97 bits per heavy atom. The summed E-state index contributed by atoms with van der Waals surface area (Å²) < 4.78 is 19.4. The molecule has 0 bridgehead atoms. The highest BCUT2D eigenvalue weighted by Gasteiger charge is 2.54. The Morgan fingerprint density at radius 1 is 1.26 bits per heavy atom. The van der Waals surface area contributed by atoms with E-state index in [4.69, 9.17) is 10.5 Å². The minimum Gasteiger partial charge on any atom is -0.493 e. The molecule has 6 rings (SSSR count). The van der Waals surface area contributed by atoms with Crippen LogP contribution in [0.3, 0.4) is 0 Å². The maximum atomic E-state index is 13.8. The molecule has 1 aliphatic carbocycles. The quantitative estimate of drug-likeness (QED) is 0.586. The summed E-state index contributed by atoms with van der Waals surface area (Å²) >= 11 is 1.17. The fraction of sp³-hybridized carbons (Fsp3) is 0.320. The highest BCUT2D eigenvalue weighted by atomic mass is 32.1. The van der Waals surface area contributed by atoms with Crippen LogP contribution in [0.5, 0.6) is 5.75 Å². The SMILES string of the molecule is Nc1nc(C(=O)N2C[C@@H]3C[C@@H]3[C@H]2CNC(=O)c2cccc3c2CCO3)c(-c2cccc(F)c2)s1. The molecule has 2 amide bonds. The van der Waals surface area contributed by atoms with E-state index in [9.17, 15) is 14.0 Å². The predicted molar refractivity (Wildman–Crippen MR) is 126 cm³/mol. The van der Waals surface area contributed by atoms with Gasteiger partial charge in [-0.25, -0.2) is 9.37 Å². The van der Waals surface area contributed by atoms with E-state index in [-0.39, 0.29) is 34.5 Å². The van der Waals surface area contributed by atoms with Gasteiger partial charge in [0.1, 0.15) is 17.3 Å². The van der Waals surface area contributed by atoms with Crippen LogP contribution in [-0.2, 0) is 6.42 Å². The van der Waals surface area contributed by atoms with Crippen molar-refractivity contribution in [2.45, 2.75) is 18.9 Å². The van der Waals surface area contributed by atoms with Crippen LogP contribution < -0.4 is 15.8 Å². The first kappa shape index (κ1) is 21.1. The Bertz CT molecular complexity index is 1310. The fourth-order valence-corrected chi connectivity index (χ4v) is 6.06. The highest BCUT2D eigenvalue weighted by Crippen LogP contribution is 2.50. The average molecular weight is 479 g/mol. The summed E-state index contributed by atoms with van der Waals surface area (Å²) in [7, 11) is 0. The van der Waals surface area contributed by atoms with Gasteiger partial charge in [0.15, 0.2) is 5.13 Å². The molecule has 3 aromatic rings. The number of aromatic nitrogens is 1. The van der Waals surface area contributed by atoms with Gasteiger partial charge in [0.05, 0.1) is 17.5 Å². The number of piperidine rings is 1. The lowest BCUT2D eigenvalue weighted by Crippen LogP contribution is -2.45. The molecule has 1 saturated carbocycles. The van der Waals surface area contributed by atoms with E-state index in [1.54, 1.807) is 17.0 Å². The molecule has 2 aliphatic heterocycles. The smallest absolute Gasteiger partial charge is 0.274 e. The topological polar surface area (TPSA) is 97.5 Å². The number of nitrogen functional groups attached to an aromatic ring is 1. The van der Waals surface area contributed by atoms with E-state index in [2.05, 4.69) is 10.3 Å². The summed E-state index contributed by atoms with van der Waals surface area (Å²) in [6.45, 7) is 1.57. The number of ether oxygens (including phenoxy) is 1. The van der Waals surface area contributed by atoms with Gasteiger partial charge >= 0.3 is 0 Å². The standard InChI is InChI=1S/C25H23FN4O3S/c26-15-4-1-3-13(9-15)22-21(29-25(27)34-22)24(32)30-12-14-10-18(14)19(30)11-28-23(31)17-5-2-6-20-16(17)7-8-33-20/h1-6,9,14,18-19H,7-8,10-12H2,(H2,27,29)(H,28,31)/t14-,18-,19+/m0/s1. The fourth-order valence-electron chi connectivity index (χ4n) is 5.24. The molecule has 1 saturated heterocycles. The van der Waals surface area contributed by atoms with Gasteiger partial charge in [-0.2, -0.15) is 0 Å². The minimum atomic E-state index is -0.385. The van der Waals surface area contributed by atoms with Crippen molar-refractivity contribution >= 4 is 28.3 Å². The van der Waals surface area contributed by atoms with Gasteiger partial charge in [-0.05, 0) is 48.1 Å². The normalized spacial score (nSPS) is 22.1. The largest absolute Gasteiger partial charge is 0.493 e. The van der Waals surface area contributed by atoms with Gasteiger partial charge in [0.25, 0.3) is 11.8 Å². The Labute approximate surface area is 199 Å². The van der Waals surface area contributed by atoms with Crippen molar-refractivity contribution in [3.05, 3.63) is 65.1 Å². The number of nitrogens with one attached hydrogen (secondary N) is 1. The molecule has 0 unspecified atom stereocenters. The van der Waals surface area contributed by atoms with Crippen LogP contribution in [0.25, 0.3) is 10.4 Å². The van der Waals surface area contributed by atoms with Crippen molar-refractivity contribution in [2.24, 2.45) is 11.8 Å². The molecular formula is C25H23FN4O3S. The zero-order valence-corrected chi connectivity index (χ0v) is 19.1. The molecule has 3 aliphatic rings. The van der Waals surface area contributed by atoms with Gasteiger partial charge < -0.3 is 20.7 Å². The van der Waals surface area contributed by atoms with Crippen molar-refractivity contribution in [3.8, 4) is 16.2 Å². The van der Waals surface area contributed by atoms with E-state index in [1.807, 2.05) is 18.2 Å². The highest BCUT2D eigenvalue weighted by molar-refractivity contribution is 7.19. The number of carbonyl (C=O) groups excluding carboxylic acids is 2. The van der Waals surface area contributed by atoms with E-state index >= 15 is 0 Å². The number of hydrogen-bond donors (Lipinski definition) is 2. The molecule has 3 N–H and O–H groups in total. The zero-order valence-electron chi connectivity index (χ0n) is 18.3. The number of carbonyl (C=O) groups is 2. The monoisotopic (exact) mass is 478 g/mol. The van der Waals surface area contributed by atoms with Crippen molar-refractivity contribution in [2.75, 3.05) is 25.4 Å². The summed E-state index contributed by atoms with van der Waals surface area (Å²) in [4.78, 5) is 33.2. The third kappa shape index (κ3) is 3.60. The van der Waals surface area contributed by atoms with Crippen molar-refractivity contribution in [1.82, 2.24) is 15.2 Å². The number of halogens is 1. The third-order valence-corrected chi connectivity index (χ3v) is 7.89. The van der Waals surface area contributed by atoms with Crippen LogP contribution in [-0.4, -0.2) is 47.4 Å². The molecule has 0 spiro atoms. The number of amides is 2. The van der Waals surface area contributed by atoms with E-state index in [0.717, 1.165) is 17.7 Å². The molecule has 3 heterocycles. The summed E-state index contributed by atoms with van der Waals surface area (Å²) in [5, 5.41) is 3.30. The molecule has 2 fully saturated rings. The molecule has 9 heteroatoms. The first-order valence-electron chi connectivity index (χ1n) is 11.4. The van der Waals surface area contributed by atoms with E-state index in [0.29, 0.717) is 54.0 Å². The number of hydrogen-bond acceptors (Lipinski definition) is 6. The number of fused-ring (bicyclic) bond motifs is 2. The molecule has 0 radical (unpaired) electrons. The van der Waals surface area contributed by atoms with E-state index < -0.39 is 0 Å². The second-order valence-corrected chi connectivity index (χ2v) is 10.0. The van der Waals surface area contributed by atoms with Crippen LogP contribution in [0.15, 0.2) is 42.5 Å². The molecule has 7 nitrogen and oxygen atoms in total. The molecule has 3 atom stereocenters. The lowest BCUT2D eigenvalue weighted by atomic mass is 10.0. The number of rotatable bonds is 5. The molecule has 1 aromatic heterocycles. The second-order valence-electron chi connectivity index (χ2n) is 9.02. The Balaban J connectivity index is 1.22. The lowest BCUT2D eigenvalue weighted by molar-refractivity contribution is 0.0690. The minimum absolute atomic E-state index is 0.113. The third-order valence-electron chi connectivity index (χ3n) is 6.96. The number of nitrogens with two attached hydrogens (primary N) is 1. The maximum Gasteiger partial charge on any atom is 0.274 e. The van der Waals surface area contributed by atoms with Crippen LogP contribution >= 0.6 is 11.3 Å². The van der Waals surface area contributed by atoms with Crippen molar-refractivity contribution in [3.63, 3.8) is 0 Å². The maximum absolute atomic E-state index is 13.8. The summed E-state index contributed by atoms with van der Waals surface area (Å²) in [6.07, 6.45) is 1.76. The number of likely N-dealkylation sites (tertiary alicyclic amines) is 1. The van der Waals surface area contributed by atoms with Gasteiger partial charge in [0.2, 0.25) is 0 Å². The van der Waals surface area contributed by atoms with Crippen molar-refractivity contribution in [1.29, 1.82) is 0 Å². The molecule has 174 valence electrons. The lowest BCUT2D eigenvalue weighted by Gasteiger charge is -2.27. The van der Waals surface area contributed by atoms with E-state index in [1.165, 1.54) is 23.5 Å². The molecule has 2 aromatic carbocycles. The Hall–Kier alpha value is -3.46. The molecule has 34 heavy (non-hydrogen) atoms. The Kier molecular flexibility index (Phi) is 5.02. The van der Waals surface area contributed by atoms with Crippen LogP contribution in [0.4, 0.5) is 9.52 Å². The second kappa shape index (κ2) is 8.09. The number of anilines is 1. The van der Waals surface area contributed by atoms with Crippen LogP contribution in [0, 0.1) is 17.7 Å². The van der Waals surface area contributed by atoms with Gasteiger partial charge in [-0.1, -0.05) is 29.5 Å². The van der Waals surface area contributed by atoms with Gasteiger partial charge in [0, 0.05) is 30.6 Å². The number of thiazole rings is 1. The summed E-state index contributed by atoms with van der Waals surface area (Å²) in [5.74, 6) is 0.795. The van der Waals surface area contributed by atoms with Crippen LogP contribution in [0.1, 0.15) is 32.8 Å². The van der Waals surface area contributed by atoms with Crippen molar-refractivity contribution < 1.29 is 18.7 Å². The summed E-state index contributed by atoms with van der Waals surface area (Å²) in [6, 6.07) is 11.5. The van der Waals surface area contributed by atoms with Crippen LogP contribution in [0.2, 0.25) is 0 Å². The number of benzene rings is 2. The van der Waals surface area contributed by atoms with Gasteiger partial charge in [-0.3, -0.25) is 9.59 Å².